The molecule has 1 aromatic heterocycles. The molecule has 0 atom stereocenters. The minimum Gasteiger partial charge on any atom is -0.385 e. The molecule has 0 bridgehead atoms. The number of hydrogen-bond acceptors (Lipinski definition) is 3. The Morgan fingerprint density at radius 2 is 2.05 bits per heavy atom. The molecule has 0 fully saturated rings. The highest BCUT2D eigenvalue weighted by molar-refractivity contribution is 5.34. The van der Waals surface area contributed by atoms with Crippen LogP contribution in [0, 0.1) is 0 Å². The van der Waals surface area contributed by atoms with E-state index in [1.807, 2.05) is 17.1 Å². The molecule has 2 aromatic rings. The van der Waals surface area contributed by atoms with Gasteiger partial charge in [0, 0.05) is 38.3 Å². The van der Waals surface area contributed by atoms with E-state index in [4.69, 9.17) is 4.74 Å². The van der Waals surface area contributed by atoms with Crippen molar-refractivity contribution in [3.63, 3.8) is 0 Å². The third kappa shape index (κ3) is 4.50. The lowest BCUT2D eigenvalue weighted by atomic mass is 10.2. The molecule has 2 rings (SSSR count). The van der Waals surface area contributed by atoms with Crippen LogP contribution < -0.4 is 5.32 Å². The highest BCUT2D eigenvalue weighted by Gasteiger charge is 1.96. The summed E-state index contributed by atoms with van der Waals surface area (Å²) in [4.78, 5) is 4.05. The first kappa shape index (κ1) is 13.8. The molecule has 4 heteroatoms. The van der Waals surface area contributed by atoms with Gasteiger partial charge >= 0.3 is 0 Å². The molecule has 0 spiro atoms. The lowest BCUT2D eigenvalue weighted by Crippen LogP contribution is -2.15. The topological polar surface area (TPSA) is 39.1 Å². The zero-order valence-corrected chi connectivity index (χ0v) is 11.4. The molecule has 0 amide bonds. The van der Waals surface area contributed by atoms with E-state index >= 15 is 0 Å². The number of rotatable bonds is 8. The summed E-state index contributed by atoms with van der Waals surface area (Å²) < 4.78 is 7.02. The van der Waals surface area contributed by atoms with Gasteiger partial charge in [-0.3, -0.25) is 0 Å². The average molecular weight is 259 g/mol. The molecule has 0 aliphatic rings. The number of hydrogen-bond donors (Lipinski definition) is 1. The van der Waals surface area contributed by atoms with E-state index in [1.54, 1.807) is 13.3 Å². The van der Waals surface area contributed by atoms with Crippen molar-refractivity contribution < 1.29 is 4.74 Å². The first-order chi connectivity index (χ1) is 9.40. The molecule has 0 saturated carbocycles. The van der Waals surface area contributed by atoms with Crippen LogP contribution in [0.15, 0.2) is 43.0 Å². The van der Waals surface area contributed by atoms with Gasteiger partial charge in [0.1, 0.15) is 0 Å². The van der Waals surface area contributed by atoms with E-state index in [0.29, 0.717) is 0 Å². The maximum Gasteiger partial charge on any atom is 0.0991 e. The van der Waals surface area contributed by atoms with Crippen molar-refractivity contribution in [1.82, 2.24) is 14.9 Å². The Morgan fingerprint density at radius 1 is 1.21 bits per heavy atom. The summed E-state index contributed by atoms with van der Waals surface area (Å²) in [6.07, 6.45) is 7.81. The number of imidazole rings is 1. The van der Waals surface area contributed by atoms with Gasteiger partial charge in [-0.1, -0.05) is 12.1 Å². The van der Waals surface area contributed by atoms with Gasteiger partial charge in [-0.25, -0.2) is 4.98 Å². The van der Waals surface area contributed by atoms with Crippen molar-refractivity contribution in [2.75, 3.05) is 20.3 Å². The second-order valence-electron chi connectivity index (χ2n) is 4.51. The van der Waals surface area contributed by atoms with E-state index in [9.17, 15) is 0 Å². The molecule has 0 aliphatic carbocycles. The van der Waals surface area contributed by atoms with Crippen molar-refractivity contribution in [2.24, 2.45) is 0 Å². The average Bonchev–Trinajstić information content (AvgIpc) is 2.97. The monoisotopic (exact) mass is 259 g/mol. The number of nitrogens with zero attached hydrogens (tertiary/aromatic N) is 2. The first-order valence-electron chi connectivity index (χ1n) is 6.67. The quantitative estimate of drug-likeness (QED) is 0.740. The Labute approximate surface area is 114 Å². The Morgan fingerprint density at radius 3 is 2.74 bits per heavy atom. The molecule has 1 N–H and O–H groups in total. The Balaban J connectivity index is 1.73. The van der Waals surface area contributed by atoms with E-state index in [-0.39, 0.29) is 0 Å². The van der Waals surface area contributed by atoms with Crippen LogP contribution in [0.2, 0.25) is 0 Å². The minimum absolute atomic E-state index is 0.848. The summed E-state index contributed by atoms with van der Waals surface area (Å²) in [5.74, 6) is 0. The molecule has 1 heterocycles. The van der Waals surface area contributed by atoms with Gasteiger partial charge in [0.05, 0.1) is 6.33 Å². The van der Waals surface area contributed by atoms with E-state index in [0.717, 1.165) is 38.2 Å². The zero-order chi connectivity index (χ0) is 13.3. The molecular formula is C15H21N3O. The Kier molecular flexibility index (Phi) is 5.59. The lowest BCUT2D eigenvalue weighted by molar-refractivity contribution is 0.192. The summed E-state index contributed by atoms with van der Waals surface area (Å²) in [6.45, 7) is 2.80. The molecule has 4 nitrogen and oxygen atoms in total. The number of methoxy groups -OCH3 is 1. The predicted octanol–water partition coefficient (Wildman–Crippen LogP) is 2.39. The van der Waals surface area contributed by atoms with Crippen LogP contribution >= 0.6 is 0 Å². The van der Waals surface area contributed by atoms with Gasteiger partial charge < -0.3 is 14.6 Å². The number of unbranched alkanes of at least 4 members (excludes halogenated alkanes) is 1. The summed E-state index contributed by atoms with van der Waals surface area (Å²) in [5, 5.41) is 3.44. The zero-order valence-electron chi connectivity index (χ0n) is 11.4. The largest absolute Gasteiger partial charge is 0.385 e. The molecular weight excluding hydrogens is 238 g/mol. The Bertz CT molecular complexity index is 451. The van der Waals surface area contributed by atoms with Crippen molar-refractivity contribution >= 4 is 0 Å². The van der Waals surface area contributed by atoms with E-state index in [2.05, 4.69) is 34.6 Å². The molecule has 102 valence electrons. The summed E-state index contributed by atoms with van der Waals surface area (Å²) in [7, 11) is 1.75. The smallest absolute Gasteiger partial charge is 0.0991 e. The number of benzene rings is 1. The predicted molar refractivity (Wildman–Crippen MR) is 76.4 cm³/mol. The van der Waals surface area contributed by atoms with E-state index in [1.165, 1.54) is 5.56 Å². The number of ether oxygens (including phenoxy) is 1. The second-order valence-corrected chi connectivity index (χ2v) is 4.51. The fourth-order valence-corrected chi connectivity index (χ4v) is 1.93. The molecule has 0 unspecified atom stereocenters. The van der Waals surface area contributed by atoms with Gasteiger partial charge in [0.15, 0.2) is 0 Å². The van der Waals surface area contributed by atoms with Crippen molar-refractivity contribution in [3.05, 3.63) is 48.5 Å². The van der Waals surface area contributed by atoms with Crippen LogP contribution in [0.3, 0.4) is 0 Å². The van der Waals surface area contributed by atoms with Crippen LogP contribution in [0.1, 0.15) is 18.4 Å². The highest BCUT2D eigenvalue weighted by Crippen LogP contribution is 2.09. The van der Waals surface area contributed by atoms with Crippen molar-refractivity contribution in [1.29, 1.82) is 0 Å². The van der Waals surface area contributed by atoms with Crippen LogP contribution in [-0.4, -0.2) is 29.8 Å². The molecule has 0 aliphatic heterocycles. The molecule has 19 heavy (non-hydrogen) atoms. The van der Waals surface area contributed by atoms with Gasteiger partial charge in [0.2, 0.25) is 0 Å². The molecule has 0 saturated heterocycles. The van der Waals surface area contributed by atoms with Crippen LogP contribution in [-0.2, 0) is 11.3 Å². The fourth-order valence-electron chi connectivity index (χ4n) is 1.93. The number of nitrogens with one attached hydrogen (secondary N) is 1. The Hall–Kier alpha value is -1.65. The normalized spacial score (nSPS) is 10.8. The van der Waals surface area contributed by atoms with Gasteiger partial charge in [-0.05, 0) is 37.1 Å². The summed E-state index contributed by atoms with van der Waals surface area (Å²) in [6, 6.07) is 8.53. The summed E-state index contributed by atoms with van der Waals surface area (Å²) in [5.41, 5.74) is 2.44. The number of aromatic nitrogens is 2. The molecule has 1 aromatic carbocycles. The second kappa shape index (κ2) is 7.71. The third-order valence-electron chi connectivity index (χ3n) is 3.02. The maximum atomic E-state index is 5.02. The summed E-state index contributed by atoms with van der Waals surface area (Å²) >= 11 is 0. The minimum atomic E-state index is 0.848. The molecule has 0 radical (unpaired) electrons. The highest BCUT2D eigenvalue weighted by atomic mass is 16.5. The van der Waals surface area contributed by atoms with Gasteiger partial charge in [-0.15, -0.1) is 0 Å². The van der Waals surface area contributed by atoms with E-state index < -0.39 is 0 Å². The van der Waals surface area contributed by atoms with Crippen LogP contribution in [0.25, 0.3) is 5.69 Å². The van der Waals surface area contributed by atoms with Gasteiger partial charge in [-0.2, -0.15) is 0 Å². The lowest BCUT2D eigenvalue weighted by Gasteiger charge is -2.06. The van der Waals surface area contributed by atoms with Crippen molar-refractivity contribution in [3.8, 4) is 5.69 Å². The van der Waals surface area contributed by atoms with Gasteiger partial charge in [0.25, 0.3) is 0 Å². The first-order valence-corrected chi connectivity index (χ1v) is 6.67. The standard InChI is InChI=1S/C15H21N3O/c1-19-11-3-2-8-16-12-14-4-6-15(7-5-14)18-10-9-17-13-18/h4-7,9-10,13,16H,2-3,8,11-12H2,1H3. The SMILES string of the molecule is COCCCCNCc1ccc(-n2ccnc2)cc1. The fraction of sp³-hybridized carbons (Fsp3) is 0.400. The third-order valence-corrected chi connectivity index (χ3v) is 3.02. The maximum absolute atomic E-state index is 5.02. The van der Waals surface area contributed by atoms with Crippen LogP contribution in [0.5, 0.6) is 0 Å². The van der Waals surface area contributed by atoms with Crippen LogP contribution in [0.4, 0.5) is 0 Å². The van der Waals surface area contributed by atoms with Crippen molar-refractivity contribution in [2.45, 2.75) is 19.4 Å².